The van der Waals surface area contributed by atoms with E-state index in [0.717, 1.165) is 33.5 Å². The largest absolute Gasteiger partial charge is 0.458 e. The Bertz CT molecular complexity index is 1250. The smallest absolute Gasteiger partial charge is 0.336 e. The van der Waals surface area contributed by atoms with Gasteiger partial charge in [0, 0.05) is 18.6 Å². The second-order valence-electron chi connectivity index (χ2n) is 7.53. The van der Waals surface area contributed by atoms with Crippen LogP contribution in [0.2, 0.25) is 0 Å². The second-order valence-corrected chi connectivity index (χ2v) is 7.53. The van der Waals surface area contributed by atoms with Crippen LogP contribution in [0.3, 0.4) is 0 Å². The molecule has 0 heterocycles. The first kappa shape index (κ1) is 23.4. The zero-order valence-corrected chi connectivity index (χ0v) is 18.4. The molecule has 0 aromatic heterocycles. The van der Waals surface area contributed by atoms with Crippen LogP contribution in [0, 0.1) is 0 Å². The number of Topliss-reactive ketones (excluding diaryl/α,β-unsaturated/α-hetero) is 1. The van der Waals surface area contributed by atoms with E-state index in [9.17, 15) is 14.4 Å². The zero-order chi connectivity index (χ0) is 23.8. The third kappa shape index (κ3) is 6.87. The predicted molar refractivity (Wildman–Crippen MR) is 129 cm³/mol. The first-order valence-corrected chi connectivity index (χ1v) is 10.3. The minimum Gasteiger partial charge on any atom is -0.458 e. The topological polar surface area (TPSA) is 69.7 Å². The average molecular weight is 440 g/mol. The van der Waals surface area contributed by atoms with Gasteiger partial charge in [-0.25, -0.2) is 9.59 Å². The van der Waals surface area contributed by atoms with Crippen LogP contribution in [-0.2, 0) is 32.1 Å². The number of benzene rings is 3. The van der Waals surface area contributed by atoms with Gasteiger partial charge in [0.05, 0.1) is 0 Å². The maximum Gasteiger partial charge on any atom is 0.336 e. The lowest BCUT2D eigenvalue weighted by molar-refractivity contribution is -0.139. The summed E-state index contributed by atoms with van der Waals surface area (Å²) in [5.74, 6) is -0.589. The fourth-order valence-electron chi connectivity index (χ4n) is 3.05. The summed E-state index contributed by atoms with van der Waals surface area (Å²) < 4.78 is 10.3. The van der Waals surface area contributed by atoms with E-state index in [-0.39, 0.29) is 12.4 Å². The van der Waals surface area contributed by atoms with Crippen molar-refractivity contribution in [2.45, 2.75) is 20.0 Å². The molecule has 3 aromatic rings. The molecule has 0 radical (unpaired) electrons. The molecule has 0 aliphatic rings. The highest BCUT2D eigenvalue weighted by atomic mass is 16.5. The Morgan fingerprint density at radius 2 is 1.55 bits per heavy atom. The Labute approximate surface area is 192 Å². The molecule has 0 spiro atoms. The first-order valence-electron chi connectivity index (χ1n) is 10.3. The van der Waals surface area contributed by atoms with E-state index < -0.39 is 11.9 Å². The summed E-state index contributed by atoms with van der Waals surface area (Å²) in [6.45, 7) is 8.86. The van der Waals surface area contributed by atoms with Crippen molar-refractivity contribution in [3.63, 3.8) is 0 Å². The summed E-state index contributed by atoms with van der Waals surface area (Å²) in [5.41, 5.74) is 3.10. The highest BCUT2D eigenvalue weighted by molar-refractivity contribution is 5.96. The van der Waals surface area contributed by atoms with Crippen LogP contribution in [0.1, 0.15) is 23.6 Å². The molecule has 5 nitrogen and oxygen atoms in total. The number of esters is 2. The van der Waals surface area contributed by atoms with Gasteiger partial charge in [-0.1, -0.05) is 55.6 Å². The molecule has 0 saturated heterocycles. The molecule has 0 bridgehead atoms. The number of allylic oxidation sites excluding steroid dienone is 1. The summed E-state index contributed by atoms with van der Waals surface area (Å²) in [5, 5.41) is 2.02. The molecule has 33 heavy (non-hydrogen) atoms. The Kier molecular flexibility index (Phi) is 7.71. The molecule has 0 aliphatic heterocycles. The van der Waals surface area contributed by atoms with Crippen LogP contribution in [0.25, 0.3) is 16.8 Å². The number of fused-ring (bicyclic) bond motifs is 1. The molecular weight excluding hydrogens is 416 g/mol. The van der Waals surface area contributed by atoms with Gasteiger partial charge >= 0.3 is 11.9 Å². The quantitative estimate of drug-likeness (QED) is 0.254. The minimum absolute atomic E-state index is 0.0261. The molecule has 0 aliphatic carbocycles. The van der Waals surface area contributed by atoms with Crippen molar-refractivity contribution in [3.8, 4) is 5.75 Å². The number of hydrogen-bond donors (Lipinski definition) is 0. The number of ether oxygens (including phenoxy) is 2. The summed E-state index contributed by atoms with van der Waals surface area (Å²) in [4.78, 5) is 35.2. The third-order valence-electron chi connectivity index (χ3n) is 4.87. The van der Waals surface area contributed by atoms with Gasteiger partial charge < -0.3 is 9.47 Å². The van der Waals surface area contributed by atoms with E-state index >= 15 is 0 Å². The molecular formula is C28H24O5. The van der Waals surface area contributed by atoms with Gasteiger partial charge in [-0.2, -0.15) is 0 Å². The van der Waals surface area contributed by atoms with Crippen LogP contribution >= 0.6 is 0 Å². The van der Waals surface area contributed by atoms with Crippen LogP contribution < -0.4 is 4.74 Å². The molecule has 3 aromatic carbocycles. The monoisotopic (exact) mass is 440 g/mol. The molecule has 166 valence electrons. The van der Waals surface area contributed by atoms with Gasteiger partial charge in [-0.05, 0) is 64.2 Å². The number of rotatable bonds is 9. The molecule has 0 unspecified atom stereocenters. The number of carbonyl (C=O) groups is 3. The van der Waals surface area contributed by atoms with Crippen molar-refractivity contribution in [2.24, 2.45) is 0 Å². The van der Waals surface area contributed by atoms with Crippen molar-refractivity contribution in [2.75, 3.05) is 0 Å². The van der Waals surface area contributed by atoms with Crippen LogP contribution in [0.5, 0.6) is 5.75 Å². The predicted octanol–water partition coefficient (Wildman–Crippen LogP) is 5.38. The van der Waals surface area contributed by atoms with E-state index in [1.54, 1.807) is 37.3 Å². The zero-order valence-electron chi connectivity index (χ0n) is 18.4. The SMILES string of the molecule is C=CC(=O)OCc1ccc(OC(=O)/C=C/c2ccc3cc(CC(=O)C(=C)C)ccc3c2)cc1. The lowest BCUT2D eigenvalue weighted by Crippen LogP contribution is -2.04. The molecule has 0 N–H and O–H groups in total. The lowest BCUT2D eigenvalue weighted by Gasteiger charge is -2.05. The molecule has 0 saturated carbocycles. The summed E-state index contributed by atoms with van der Waals surface area (Å²) in [6.07, 6.45) is 4.48. The molecule has 0 atom stereocenters. The van der Waals surface area contributed by atoms with Crippen LogP contribution in [-0.4, -0.2) is 17.7 Å². The van der Waals surface area contributed by atoms with E-state index in [2.05, 4.69) is 13.2 Å². The second kappa shape index (κ2) is 10.9. The third-order valence-corrected chi connectivity index (χ3v) is 4.87. The van der Waals surface area contributed by atoms with E-state index in [4.69, 9.17) is 9.47 Å². The van der Waals surface area contributed by atoms with Gasteiger partial charge in [0.1, 0.15) is 12.4 Å². The van der Waals surface area contributed by atoms with E-state index in [1.807, 2.05) is 36.4 Å². The van der Waals surface area contributed by atoms with Crippen LogP contribution in [0.4, 0.5) is 0 Å². The number of carbonyl (C=O) groups excluding carboxylic acids is 3. The highest BCUT2D eigenvalue weighted by Crippen LogP contribution is 2.20. The summed E-state index contributed by atoms with van der Waals surface area (Å²) in [7, 11) is 0. The summed E-state index contributed by atoms with van der Waals surface area (Å²) in [6, 6.07) is 18.4. The van der Waals surface area contributed by atoms with Crippen molar-refractivity contribution < 1.29 is 23.9 Å². The average Bonchev–Trinajstić information content (AvgIpc) is 2.81. The molecule has 5 heteroatoms. The van der Waals surface area contributed by atoms with Gasteiger partial charge in [0.25, 0.3) is 0 Å². The lowest BCUT2D eigenvalue weighted by atomic mass is 10.00. The first-order chi connectivity index (χ1) is 15.8. The van der Waals surface area contributed by atoms with E-state index in [0.29, 0.717) is 17.7 Å². The molecule has 0 amide bonds. The summed E-state index contributed by atoms with van der Waals surface area (Å²) >= 11 is 0. The fraction of sp³-hybridized carbons (Fsp3) is 0.107. The normalized spacial score (nSPS) is 10.7. The van der Waals surface area contributed by atoms with Crippen molar-refractivity contribution in [1.82, 2.24) is 0 Å². The van der Waals surface area contributed by atoms with Crippen molar-refractivity contribution in [1.29, 1.82) is 0 Å². The number of hydrogen-bond acceptors (Lipinski definition) is 5. The Morgan fingerprint density at radius 1 is 0.879 bits per heavy atom. The Hall–Kier alpha value is -4.25. The highest BCUT2D eigenvalue weighted by Gasteiger charge is 2.06. The molecule has 3 rings (SSSR count). The maximum absolute atomic E-state index is 12.2. The number of ketones is 1. The van der Waals surface area contributed by atoms with Gasteiger partial charge in [-0.15, -0.1) is 0 Å². The van der Waals surface area contributed by atoms with Crippen molar-refractivity contribution in [3.05, 3.63) is 108 Å². The molecule has 0 fully saturated rings. The Balaban J connectivity index is 1.60. The van der Waals surface area contributed by atoms with E-state index in [1.165, 1.54) is 6.08 Å². The standard InChI is InChI=1S/C28H24O5/c1-4-27(30)32-18-21-7-12-25(13-8-21)33-28(31)14-9-20-5-10-24-16-22(6-11-23(24)15-20)17-26(29)19(2)3/h4-16H,1-2,17-18H2,3H3/b14-9+. The van der Waals surface area contributed by atoms with Gasteiger partial charge in [-0.3, -0.25) is 4.79 Å². The fourth-order valence-corrected chi connectivity index (χ4v) is 3.05. The van der Waals surface area contributed by atoms with Crippen molar-refractivity contribution >= 4 is 34.6 Å². The van der Waals surface area contributed by atoms with Gasteiger partial charge in [0.2, 0.25) is 0 Å². The minimum atomic E-state index is -0.505. The Morgan fingerprint density at radius 3 is 2.24 bits per heavy atom. The van der Waals surface area contributed by atoms with Crippen LogP contribution in [0.15, 0.2) is 91.5 Å². The van der Waals surface area contributed by atoms with Gasteiger partial charge in [0.15, 0.2) is 5.78 Å². The maximum atomic E-state index is 12.2.